The number of para-hydroxylation sites is 1. The number of hydrogen-bond acceptors (Lipinski definition) is 4. The Morgan fingerprint density at radius 3 is 3.05 bits per heavy atom. The van der Waals surface area contributed by atoms with Crippen molar-refractivity contribution < 1.29 is 4.79 Å². The summed E-state index contributed by atoms with van der Waals surface area (Å²) >= 11 is 1.87. The Morgan fingerprint density at radius 2 is 2.23 bits per heavy atom. The maximum Gasteiger partial charge on any atom is 0.239 e. The van der Waals surface area contributed by atoms with Crippen LogP contribution in [-0.4, -0.2) is 29.2 Å². The molecule has 5 heteroatoms. The molecule has 2 aromatic rings. The van der Waals surface area contributed by atoms with E-state index in [1.165, 1.54) is 4.90 Å². The number of aromatic nitrogens is 1. The molecular formula is C17H19N3OS. The van der Waals surface area contributed by atoms with Gasteiger partial charge in [0.15, 0.2) is 0 Å². The summed E-state index contributed by atoms with van der Waals surface area (Å²) < 4.78 is 0. The standard InChI is InChI=1S/C17H19N3OS/c1-13-11-20(15-6-2-3-7-16(15)22-13)12-17(21)19-10-14-5-4-8-18-9-14/h2-9,13H,10-12H2,1H3,(H,19,21)/t13-/m1/s1. The normalized spacial score (nSPS) is 17.0. The molecule has 1 atom stereocenters. The van der Waals surface area contributed by atoms with E-state index in [-0.39, 0.29) is 5.91 Å². The van der Waals surface area contributed by atoms with Gasteiger partial charge in [-0.1, -0.05) is 25.1 Å². The fourth-order valence-corrected chi connectivity index (χ4v) is 3.73. The third-order valence-electron chi connectivity index (χ3n) is 3.56. The van der Waals surface area contributed by atoms with Gasteiger partial charge in [-0.15, -0.1) is 11.8 Å². The van der Waals surface area contributed by atoms with Crippen molar-refractivity contribution in [2.45, 2.75) is 23.6 Å². The molecule has 0 radical (unpaired) electrons. The number of hydrogen-bond donors (Lipinski definition) is 1. The lowest BCUT2D eigenvalue weighted by molar-refractivity contribution is -0.119. The maximum atomic E-state index is 12.2. The number of anilines is 1. The predicted octanol–water partition coefficient (Wildman–Crippen LogP) is 2.70. The van der Waals surface area contributed by atoms with Crippen LogP contribution in [0.15, 0.2) is 53.7 Å². The molecule has 1 amide bonds. The number of carbonyl (C=O) groups excluding carboxylic acids is 1. The maximum absolute atomic E-state index is 12.2. The number of benzene rings is 1. The number of rotatable bonds is 4. The van der Waals surface area contributed by atoms with E-state index in [2.05, 4.69) is 34.3 Å². The first-order valence-electron chi connectivity index (χ1n) is 7.38. The van der Waals surface area contributed by atoms with Gasteiger partial charge in [0.05, 0.1) is 12.2 Å². The first-order chi connectivity index (χ1) is 10.7. The average Bonchev–Trinajstić information content (AvgIpc) is 2.54. The highest BCUT2D eigenvalue weighted by Gasteiger charge is 2.23. The van der Waals surface area contributed by atoms with Crippen LogP contribution in [0.25, 0.3) is 0 Å². The highest BCUT2D eigenvalue weighted by molar-refractivity contribution is 8.00. The molecule has 1 aromatic heterocycles. The number of thioether (sulfide) groups is 1. The van der Waals surface area contributed by atoms with Crippen LogP contribution in [0.2, 0.25) is 0 Å². The Kier molecular flexibility index (Phi) is 4.63. The van der Waals surface area contributed by atoms with Crippen LogP contribution in [0.3, 0.4) is 0 Å². The first-order valence-corrected chi connectivity index (χ1v) is 8.26. The average molecular weight is 313 g/mol. The summed E-state index contributed by atoms with van der Waals surface area (Å²) in [5, 5.41) is 3.45. The van der Waals surface area contributed by atoms with Crippen molar-refractivity contribution in [1.29, 1.82) is 0 Å². The molecule has 1 aliphatic rings. The lowest BCUT2D eigenvalue weighted by Crippen LogP contribution is -2.41. The molecule has 22 heavy (non-hydrogen) atoms. The number of carbonyl (C=O) groups is 1. The van der Waals surface area contributed by atoms with Gasteiger partial charge in [-0.2, -0.15) is 0 Å². The molecule has 1 aromatic carbocycles. The fourth-order valence-electron chi connectivity index (χ4n) is 2.56. The zero-order chi connectivity index (χ0) is 15.4. The zero-order valence-electron chi connectivity index (χ0n) is 12.5. The van der Waals surface area contributed by atoms with Gasteiger partial charge in [-0.25, -0.2) is 0 Å². The monoisotopic (exact) mass is 313 g/mol. The molecular weight excluding hydrogens is 294 g/mol. The van der Waals surface area contributed by atoms with E-state index in [1.54, 1.807) is 12.4 Å². The molecule has 0 unspecified atom stereocenters. The minimum absolute atomic E-state index is 0.0396. The third-order valence-corrected chi connectivity index (χ3v) is 4.71. The van der Waals surface area contributed by atoms with E-state index < -0.39 is 0 Å². The second-order valence-electron chi connectivity index (χ2n) is 5.41. The van der Waals surface area contributed by atoms with E-state index in [9.17, 15) is 4.79 Å². The molecule has 0 aliphatic carbocycles. The number of pyridine rings is 1. The van der Waals surface area contributed by atoms with Crippen LogP contribution in [0.5, 0.6) is 0 Å². The summed E-state index contributed by atoms with van der Waals surface area (Å²) in [7, 11) is 0. The summed E-state index contributed by atoms with van der Waals surface area (Å²) in [6, 6.07) is 12.1. The van der Waals surface area contributed by atoms with E-state index in [1.807, 2.05) is 36.0 Å². The summed E-state index contributed by atoms with van der Waals surface area (Å²) in [6.07, 6.45) is 3.50. The number of nitrogens with zero attached hydrogens (tertiary/aromatic N) is 2. The summed E-state index contributed by atoms with van der Waals surface area (Å²) in [6.45, 7) is 4.00. The van der Waals surface area contributed by atoms with Gasteiger partial charge in [0, 0.05) is 35.6 Å². The van der Waals surface area contributed by atoms with Crippen LogP contribution in [0, 0.1) is 0 Å². The van der Waals surface area contributed by atoms with Gasteiger partial charge in [0.25, 0.3) is 0 Å². The largest absolute Gasteiger partial charge is 0.360 e. The van der Waals surface area contributed by atoms with Crippen molar-refractivity contribution in [3.63, 3.8) is 0 Å². The highest BCUT2D eigenvalue weighted by atomic mass is 32.2. The summed E-state index contributed by atoms with van der Waals surface area (Å²) in [5.74, 6) is 0.0396. The molecule has 4 nitrogen and oxygen atoms in total. The molecule has 0 bridgehead atoms. The van der Waals surface area contributed by atoms with Gasteiger partial charge in [-0.3, -0.25) is 9.78 Å². The molecule has 0 spiro atoms. The Balaban J connectivity index is 1.62. The van der Waals surface area contributed by atoms with Crippen molar-refractivity contribution in [1.82, 2.24) is 10.3 Å². The Labute approximate surface area is 134 Å². The van der Waals surface area contributed by atoms with Crippen LogP contribution in [0.1, 0.15) is 12.5 Å². The van der Waals surface area contributed by atoms with Crippen molar-refractivity contribution >= 4 is 23.4 Å². The van der Waals surface area contributed by atoms with Crippen molar-refractivity contribution in [3.8, 4) is 0 Å². The molecule has 0 saturated carbocycles. The van der Waals surface area contributed by atoms with Crippen LogP contribution in [-0.2, 0) is 11.3 Å². The zero-order valence-corrected chi connectivity index (χ0v) is 13.3. The minimum Gasteiger partial charge on any atom is -0.360 e. The first kappa shape index (κ1) is 14.9. The lowest BCUT2D eigenvalue weighted by atomic mass is 10.2. The van der Waals surface area contributed by atoms with Crippen molar-refractivity contribution in [2.24, 2.45) is 0 Å². The van der Waals surface area contributed by atoms with E-state index in [4.69, 9.17) is 0 Å². The van der Waals surface area contributed by atoms with Gasteiger partial charge in [0.2, 0.25) is 5.91 Å². The molecule has 2 heterocycles. The number of amides is 1. The lowest BCUT2D eigenvalue weighted by Gasteiger charge is -2.33. The van der Waals surface area contributed by atoms with Gasteiger partial charge in [0.1, 0.15) is 0 Å². The van der Waals surface area contributed by atoms with E-state index in [0.29, 0.717) is 18.3 Å². The quantitative estimate of drug-likeness (QED) is 0.942. The second kappa shape index (κ2) is 6.83. The SMILES string of the molecule is C[C@@H]1CN(CC(=O)NCc2cccnc2)c2ccccc2S1. The van der Waals surface area contributed by atoms with Gasteiger partial charge >= 0.3 is 0 Å². The Hall–Kier alpha value is -2.01. The molecule has 0 fully saturated rings. The third kappa shape index (κ3) is 3.60. The van der Waals surface area contributed by atoms with Crippen LogP contribution < -0.4 is 10.2 Å². The van der Waals surface area contributed by atoms with Crippen LogP contribution in [0.4, 0.5) is 5.69 Å². The Bertz CT molecular complexity index is 647. The van der Waals surface area contributed by atoms with E-state index in [0.717, 1.165) is 17.8 Å². The molecule has 1 aliphatic heterocycles. The minimum atomic E-state index is 0.0396. The molecule has 3 rings (SSSR count). The molecule has 1 N–H and O–H groups in total. The topological polar surface area (TPSA) is 45.2 Å². The smallest absolute Gasteiger partial charge is 0.239 e. The second-order valence-corrected chi connectivity index (χ2v) is 6.89. The summed E-state index contributed by atoms with van der Waals surface area (Å²) in [5.41, 5.74) is 2.17. The van der Waals surface area contributed by atoms with E-state index >= 15 is 0 Å². The van der Waals surface area contributed by atoms with Gasteiger partial charge < -0.3 is 10.2 Å². The number of nitrogens with one attached hydrogen (secondary N) is 1. The van der Waals surface area contributed by atoms with Crippen LogP contribution >= 0.6 is 11.8 Å². The molecule has 114 valence electrons. The van der Waals surface area contributed by atoms with Crippen molar-refractivity contribution in [2.75, 3.05) is 18.0 Å². The highest BCUT2D eigenvalue weighted by Crippen LogP contribution is 2.37. The summed E-state index contributed by atoms with van der Waals surface area (Å²) in [4.78, 5) is 19.7. The fraction of sp³-hybridized carbons (Fsp3) is 0.294. The number of fused-ring (bicyclic) bond motifs is 1. The predicted molar refractivity (Wildman–Crippen MR) is 90.1 cm³/mol. The van der Waals surface area contributed by atoms with Crippen molar-refractivity contribution in [3.05, 3.63) is 54.4 Å². The Morgan fingerprint density at radius 1 is 1.36 bits per heavy atom. The van der Waals surface area contributed by atoms with Gasteiger partial charge in [-0.05, 0) is 23.8 Å². The molecule has 0 saturated heterocycles.